The highest BCUT2D eigenvalue weighted by molar-refractivity contribution is 5.68. The minimum Gasteiger partial charge on any atom is -0.444 e. The Hall–Kier alpha value is -3.14. The summed E-state index contributed by atoms with van der Waals surface area (Å²) in [6, 6.07) is 1.97. The highest BCUT2D eigenvalue weighted by Gasteiger charge is 2.27. The van der Waals surface area contributed by atoms with E-state index in [-0.39, 0.29) is 6.09 Å². The van der Waals surface area contributed by atoms with Crippen molar-refractivity contribution in [1.82, 2.24) is 29.0 Å². The van der Waals surface area contributed by atoms with E-state index in [4.69, 9.17) is 14.5 Å². The molecular weight excluding hydrogens is 398 g/mol. The van der Waals surface area contributed by atoms with Crippen LogP contribution in [0.5, 0.6) is 0 Å². The predicted molar refractivity (Wildman–Crippen MR) is 116 cm³/mol. The van der Waals surface area contributed by atoms with Crippen LogP contribution < -0.4 is 4.90 Å². The maximum Gasteiger partial charge on any atom is 0.410 e. The van der Waals surface area contributed by atoms with Crippen LogP contribution in [0, 0.1) is 0 Å². The van der Waals surface area contributed by atoms with Gasteiger partial charge in [0.25, 0.3) is 0 Å². The van der Waals surface area contributed by atoms with E-state index in [9.17, 15) is 4.79 Å². The first kappa shape index (κ1) is 21.1. The molecule has 1 aliphatic rings. The van der Waals surface area contributed by atoms with Gasteiger partial charge in [-0.15, -0.1) is 0 Å². The Labute approximate surface area is 181 Å². The number of aromatic nitrogens is 5. The smallest absolute Gasteiger partial charge is 0.410 e. The zero-order valence-electron chi connectivity index (χ0n) is 18.5. The molecule has 0 atom stereocenters. The van der Waals surface area contributed by atoms with E-state index in [1.54, 1.807) is 18.2 Å². The van der Waals surface area contributed by atoms with Gasteiger partial charge in [-0.05, 0) is 26.8 Å². The number of rotatable bonds is 5. The van der Waals surface area contributed by atoms with Gasteiger partial charge in [0.15, 0.2) is 0 Å². The molecule has 1 saturated heterocycles. The molecule has 1 amide bonds. The van der Waals surface area contributed by atoms with Crippen LogP contribution >= 0.6 is 0 Å². The van der Waals surface area contributed by atoms with Crippen molar-refractivity contribution in [3.05, 3.63) is 30.9 Å². The lowest BCUT2D eigenvalue weighted by molar-refractivity contribution is 0.0240. The van der Waals surface area contributed by atoms with Gasteiger partial charge in [0.2, 0.25) is 5.78 Å². The molecule has 0 unspecified atom stereocenters. The Morgan fingerprint density at radius 2 is 1.94 bits per heavy atom. The average molecular weight is 428 g/mol. The average Bonchev–Trinajstić information content (AvgIpc) is 3.38. The Morgan fingerprint density at radius 3 is 2.65 bits per heavy atom. The molecule has 0 spiro atoms. The van der Waals surface area contributed by atoms with E-state index in [0.29, 0.717) is 45.1 Å². The molecular formula is C21H29N7O3. The molecule has 0 bridgehead atoms. The number of hydrogen-bond acceptors (Lipinski definition) is 7. The lowest BCUT2D eigenvalue weighted by Gasteiger charge is -2.36. The Kier molecular flexibility index (Phi) is 5.81. The number of carbonyl (C=O) groups is 1. The van der Waals surface area contributed by atoms with Crippen LogP contribution in [0.3, 0.4) is 0 Å². The molecule has 0 radical (unpaired) electrons. The van der Waals surface area contributed by atoms with Crippen molar-refractivity contribution in [1.29, 1.82) is 0 Å². The summed E-state index contributed by atoms with van der Waals surface area (Å²) in [5.74, 6) is 1.60. The third kappa shape index (κ3) is 4.79. The Morgan fingerprint density at radius 1 is 1.16 bits per heavy atom. The number of carbonyl (C=O) groups excluding carboxylic acids is 1. The molecule has 1 aliphatic heterocycles. The molecule has 4 rings (SSSR count). The van der Waals surface area contributed by atoms with Crippen molar-refractivity contribution in [2.45, 2.75) is 32.9 Å². The monoisotopic (exact) mass is 427 g/mol. The molecule has 0 aromatic carbocycles. The maximum atomic E-state index is 12.3. The Bertz CT molecular complexity index is 1040. The van der Waals surface area contributed by atoms with Gasteiger partial charge < -0.3 is 19.3 Å². The molecule has 10 heteroatoms. The van der Waals surface area contributed by atoms with Crippen LogP contribution in [0.1, 0.15) is 20.8 Å². The topological polar surface area (TPSA) is 90.0 Å². The number of imidazole rings is 1. The second kappa shape index (κ2) is 8.54. The number of piperazine rings is 1. The summed E-state index contributed by atoms with van der Waals surface area (Å²) in [7, 11) is 1.67. The molecule has 1 fully saturated rings. The number of methoxy groups -OCH3 is 1. The highest BCUT2D eigenvalue weighted by Crippen LogP contribution is 2.22. The molecule has 0 N–H and O–H groups in total. The molecule has 4 heterocycles. The van der Waals surface area contributed by atoms with Gasteiger partial charge in [-0.25, -0.2) is 14.8 Å². The van der Waals surface area contributed by atoms with E-state index in [0.717, 1.165) is 17.1 Å². The van der Waals surface area contributed by atoms with Gasteiger partial charge in [0.05, 0.1) is 31.2 Å². The van der Waals surface area contributed by atoms with Crippen molar-refractivity contribution < 1.29 is 14.3 Å². The fourth-order valence-corrected chi connectivity index (χ4v) is 3.50. The van der Waals surface area contributed by atoms with Crippen LogP contribution in [-0.4, -0.2) is 80.6 Å². The highest BCUT2D eigenvalue weighted by atomic mass is 16.6. The number of ether oxygens (including phenoxy) is 2. The van der Waals surface area contributed by atoms with Crippen LogP contribution in [-0.2, 0) is 16.0 Å². The minimum atomic E-state index is -0.487. The first-order valence-electron chi connectivity index (χ1n) is 10.4. The molecule has 3 aromatic rings. The summed E-state index contributed by atoms with van der Waals surface area (Å²) in [5.41, 5.74) is 1.27. The van der Waals surface area contributed by atoms with Crippen molar-refractivity contribution in [2.24, 2.45) is 0 Å². The molecule has 0 saturated carbocycles. The zero-order chi connectivity index (χ0) is 22.0. The van der Waals surface area contributed by atoms with Crippen molar-refractivity contribution in [3.63, 3.8) is 0 Å². The summed E-state index contributed by atoms with van der Waals surface area (Å²) < 4.78 is 14.4. The summed E-state index contributed by atoms with van der Waals surface area (Å²) in [4.78, 5) is 25.5. The maximum absolute atomic E-state index is 12.3. The number of anilines is 1. The SMILES string of the molecule is COCCn1cc(-c2ccn3c(N4CCN(C(=O)OC(C)(C)C)CC4)cnc3n2)cn1. The molecule has 166 valence electrons. The second-order valence-corrected chi connectivity index (χ2v) is 8.54. The first-order chi connectivity index (χ1) is 14.8. The lowest BCUT2D eigenvalue weighted by Crippen LogP contribution is -2.50. The van der Waals surface area contributed by atoms with E-state index in [1.165, 1.54) is 0 Å². The Balaban J connectivity index is 1.44. The number of hydrogen-bond donors (Lipinski definition) is 0. The van der Waals surface area contributed by atoms with Crippen molar-refractivity contribution in [3.8, 4) is 11.3 Å². The van der Waals surface area contributed by atoms with Gasteiger partial charge >= 0.3 is 6.09 Å². The minimum absolute atomic E-state index is 0.261. The third-order valence-electron chi connectivity index (χ3n) is 5.07. The van der Waals surface area contributed by atoms with Gasteiger partial charge in [-0.3, -0.25) is 9.08 Å². The fraction of sp³-hybridized carbons (Fsp3) is 0.524. The number of nitrogens with zero attached hydrogens (tertiary/aromatic N) is 7. The summed E-state index contributed by atoms with van der Waals surface area (Å²) in [6.45, 7) is 9.58. The van der Waals surface area contributed by atoms with Crippen molar-refractivity contribution in [2.75, 3.05) is 44.8 Å². The van der Waals surface area contributed by atoms with E-state index < -0.39 is 5.60 Å². The van der Waals surface area contributed by atoms with Crippen LogP contribution in [0.25, 0.3) is 17.0 Å². The van der Waals surface area contributed by atoms with Gasteiger partial charge in [-0.2, -0.15) is 5.10 Å². The van der Waals surface area contributed by atoms with Crippen LogP contribution in [0.15, 0.2) is 30.9 Å². The lowest BCUT2D eigenvalue weighted by atomic mass is 10.2. The second-order valence-electron chi connectivity index (χ2n) is 8.54. The van der Waals surface area contributed by atoms with Gasteiger partial charge in [0.1, 0.15) is 11.4 Å². The van der Waals surface area contributed by atoms with Crippen LogP contribution in [0.4, 0.5) is 10.6 Å². The molecule has 3 aromatic heterocycles. The third-order valence-corrected chi connectivity index (χ3v) is 5.07. The largest absolute Gasteiger partial charge is 0.444 e. The summed E-state index contributed by atoms with van der Waals surface area (Å²) in [6.07, 6.45) is 7.30. The first-order valence-corrected chi connectivity index (χ1v) is 10.4. The molecule has 31 heavy (non-hydrogen) atoms. The number of fused-ring (bicyclic) bond motifs is 1. The molecule has 0 aliphatic carbocycles. The van der Waals surface area contributed by atoms with Gasteiger partial charge in [0, 0.05) is 51.2 Å². The fourth-order valence-electron chi connectivity index (χ4n) is 3.50. The van der Waals surface area contributed by atoms with E-state index in [2.05, 4.69) is 15.0 Å². The summed E-state index contributed by atoms with van der Waals surface area (Å²) >= 11 is 0. The van der Waals surface area contributed by atoms with E-state index >= 15 is 0 Å². The summed E-state index contributed by atoms with van der Waals surface area (Å²) in [5, 5.41) is 4.35. The quantitative estimate of drug-likeness (QED) is 0.617. The zero-order valence-corrected chi connectivity index (χ0v) is 18.5. The van der Waals surface area contributed by atoms with Gasteiger partial charge in [-0.1, -0.05) is 0 Å². The molecule has 10 nitrogen and oxygen atoms in total. The number of amides is 1. The van der Waals surface area contributed by atoms with Crippen LogP contribution in [0.2, 0.25) is 0 Å². The van der Waals surface area contributed by atoms with E-state index in [1.807, 2.05) is 54.5 Å². The van der Waals surface area contributed by atoms with Crippen molar-refractivity contribution >= 4 is 17.7 Å². The normalized spacial score (nSPS) is 15.0. The predicted octanol–water partition coefficient (Wildman–Crippen LogP) is 2.30. The standard InChI is InChI=1S/C21H29N7O3/c1-21(2,3)31-20(29)26-9-7-25(8-10-26)18-14-22-19-24-17(5-6-28(18)19)16-13-23-27(15-16)11-12-30-4/h5-6,13-15H,7-12H2,1-4H3.